The van der Waals surface area contributed by atoms with Crippen molar-refractivity contribution >= 4 is 28.5 Å². The van der Waals surface area contributed by atoms with Gasteiger partial charge in [0.1, 0.15) is 0 Å². The second kappa shape index (κ2) is 9.94. The van der Waals surface area contributed by atoms with Crippen molar-refractivity contribution in [2.24, 2.45) is 5.92 Å². The van der Waals surface area contributed by atoms with Gasteiger partial charge in [-0.15, -0.1) is 0 Å². The Hall–Kier alpha value is -3.99. The van der Waals surface area contributed by atoms with Crippen molar-refractivity contribution in [3.8, 4) is 0 Å². The number of benzene rings is 3. The minimum Gasteiger partial charge on any atom is -0.444 e. The largest absolute Gasteiger partial charge is 0.444 e. The molecule has 2 unspecified atom stereocenters. The molecule has 0 saturated carbocycles. The molecule has 182 valence electrons. The van der Waals surface area contributed by atoms with Crippen LogP contribution in [0.2, 0.25) is 0 Å². The standard InChI is InChI=1S/C31H30N2O3/c1-19-14-16-26-24(17-19)28(23-11-7-8-12-25(23)32-26)31(35)36-29(22-9-5-4-6-10-22)30(34)33-27-18-20(2)13-15-21(27)3/h4-13,15,18-19,29H,14,16-17H2,1-3H3,(H,33,34). The van der Waals surface area contributed by atoms with Gasteiger partial charge >= 0.3 is 5.97 Å². The SMILES string of the molecule is Cc1ccc(C)c(NC(=O)C(OC(=O)c2c3c(nc4ccccc24)CCC(C)C3)c2ccccc2)c1. The number of rotatable bonds is 5. The van der Waals surface area contributed by atoms with Crippen LogP contribution >= 0.6 is 0 Å². The van der Waals surface area contributed by atoms with Crippen LogP contribution in [-0.4, -0.2) is 16.9 Å². The third-order valence-corrected chi connectivity index (χ3v) is 6.93. The summed E-state index contributed by atoms with van der Waals surface area (Å²) < 4.78 is 6.06. The molecule has 1 aliphatic rings. The van der Waals surface area contributed by atoms with E-state index >= 15 is 0 Å². The van der Waals surface area contributed by atoms with Gasteiger partial charge in [-0.05, 0) is 67.9 Å². The average Bonchev–Trinajstić information content (AvgIpc) is 2.88. The monoisotopic (exact) mass is 478 g/mol. The fourth-order valence-corrected chi connectivity index (χ4v) is 4.93. The van der Waals surface area contributed by atoms with E-state index in [9.17, 15) is 9.59 Å². The zero-order chi connectivity index (χ0) is 25.2. The van der Waals surface area contributed by atoms with Crippen LogP contribution in [-0.2, 0) is 22.4 Å². The molecule has 5 heteroatoms. The van der Waals surface area contributed by atoms with Gasteiger partial charge in [0.25, 0.3) is 5.91 Å². The first-order valence-corrected chi connectivity index (χ1v) is 12.4. The maximum atomic E-state index is 13.9. The van der Waals surface area contributed by atoms with Crippen molar-refractivity contribution in [1.29, 1.82) is 0 Å². The fraction of sp³-hybridized carbons (Fsp3) is 0.258. The molecule has 0 radical (unpaired) electrons. The molecule has 0 fully saturated rings. The van der Waals surface area contributed by atoms with Gasteiger partial charge < -0.3 is 10.1 Å². The van der Waals surface area contributed by atoms with Gasteiger partial charge in [0.2, 0.25) is 6.10 Å². The molecule has 1 amide bonds. The van der Waals surface area contributed by atoms with Gasteiger partial charge in [0.05, 0.1) is 11.1 Å². The number of pyridine rings is 1. The molecule has 0 spiro atoms. The maximum absolute atomic E-state index is 13.9. The first kappa shape index (κ1) is 23.7. The summed E-state index contributed by atoms with van der Waals surface area (Å²) in [7, 11) is 0. The summed E-state index contributed by atoms with van der Waals surface area (Å²) in [6.07, 6.45) is 1.54. The van der Waals surface area contributed by atoms with Crippen LogP contribution in [0, 0.1) is 19.8 Å². The maximum Gasteiger partial charge on any atom is 0.340 e. The van der Waals surface area contributed by atoms with Crippen LogP contribution in [0.15, 0.2) is 72.8 Å². The van der Waals surface area contributed by atoms with Crippen molar-refractivity contribution < 1.29 is 14.3 Å². The zero-order valence-corrected chi connectivity index (χ0v) is 20.9. The number of amides is 1. The summed E-state index contributed by atoms with van der Waals surface area (Å²) in [5.74, 6) is -0.433. The molecule has 0 aliphatic heterocycles. The van der Waals surface area contributed by atoms with Gasteiger partial charge in [-0.2, -0.15) is 0 Å². The number of anilines is 1. The molecule has 5 nitrogen and oxygen atoms in total. The summed E-state index contributed by atoms with van der Waals surface area (Å²) in [5.41, 5.74) is 6.50. The lowest BCUT2D eigenvalue weighted by atomic mass is 9.84. The Bertz CT molecular complexity index is 1450. The van der Waals surface area contributed by atoms with E-state index in [1.165, 1.54) is 0 Å². The molecular weight excluding hydrogens is 448 g/mol. The van der Waals surface area contributed by atoms with E-state index < -0.39 is 12.1 Å². The zero-order valence-electron chi connectivity index (χ0n) is 20.9. The van der Waals surface area contributed by atoms with E-state index in [0.29, 0.717) is 22.7 Å². The number of carbonyl (C=O) groups excluding carboxylic acids is 2. The van der Waals surface area contributed by atoms with Crippen LogP contribution in [0.25, 0.3) is 10.9 Å². The first-order valence-electron chi connectivity index (χ1n) is 12.4. The van der Waals surface area contributed by atoms with Crippen LogP contribution in [0.3, 0.4) is 0 Å². The van der Waals surface area contributed by atoms with E-state index in [2.05, 4.69) is 12.2 Å². The molecule has 4 aromatic rings. The number of esters is 1. The van der Waals surface area contributed by atoms with Gasteiger partial charge in [-0.3, -0.25) is 9.78 Å². The lowest BCUT2D eigenvalue weighted by molar-refractivity contribution is -0.125. The van der Waals surface area contributed by atoms with E-state index in [4.69, 9.17) is 9.72 Å². The Balaban J connectivity index is 1.54. The van der Waals surface area contributed by atoms with E-state index in [-0.39, 0.29) is 5.91 Å². The molecule has 0 saturated heterocycles. The molecule has 1 heterocycles. The number of ether oxygens (including phenoxy) is 1. The highest BCUT2D eigenvalue weighted by atomic mass is 16.5. The smallest absolute Gasteiger partial charge is 0.340 e. The molecule has 1 N–H and O–H groups in total. The fourth-order valence-electron chi connectivity index (χ4n) is 4.93. The molecule has 3 aromatic carbocycles. The number of aryl methyl sites for hydroxylation is 3. The lowest BCUT2D eigenvalue weighted by Gasteiger charge is -2.25. The Morgan fingerprint density at radius 1 is 1.00 bits per heavy atom. The second-order valence-corrected chi connectivity index (χ2v) is 9.78. The van der Waals surface area contributed by atoms with Crippen molar-refractivity contribution in [2.45, 2.75) is 46.1 Å². The third kappa shape index (κ3) is 4.74. The molecule has 1 aliphatic carbocycles. The van der Waals surface area contributed by atoms with Crippen molar-refractivity contribution in [2.75, 3.05) is 5.32 Å². The second-order valence-electron chi connectivity index (χ2n) is 9.78. The van der Waals surface area contributed by atoms with Gasteiger partial charge in [-0.25, -0.2) is 4.79 Å². The quantitative estimate of drug-likeness (QED) is 0.332. The van der Waals surface area contributed by atoms with Crippen LogP contribution in [0.1, 0.15) is 57.8 Å². The number of nitrogens with one attached hydrogen (secondary N) is 1. The third-order valence-electron chi connectivity index (χ3n) is 6.93. The summed E-state index contributed by atoms with van der Waals surface area (Å²) in [5, 5.41) is 3.75. The van der Waals surface area contributed by atoms with Crippen molar-refractivity contribution in [3.05, 3.63) is 106 Å². The summed E-state index contributed by atoms with van der Waals surface area (Å²) in [6.45, 7) is 6.11. The van der Waals surface area contributed by atoms with E-state index in [1.54, 1.807) is 0 Å². The summed E-state index contributed by atoms with van der Waals surface area (Å²) in [4.78, 5) is 32.3. The number of fused-ring (bicyclic) bond motifs is 2. The van der Waals surface area contributed by atoms with Crippen molar-refractivity contribution in [1.82, 2.24) is 4.98 Å². The Labute approximate surface area is 211 Å². The minimum atomic E-state index is -1.10. The number of para-hydroxylation sites is 1. The number of aromatic nitrogens is 1. The molecular formula is C31H30N2O3. The normalized spacial score (nSPS) is 15.7. The summed E-state index contributed by atoms with van der Waals surface area (Å²) >= 11 is 0. The first-order chi connectivity index (χ1) is 17.4. The number of nitrogens with zero attached hydrogens (tertiary/aromatic N) is 1. The van der Waals surface area contributed by atoms with Crippen LogP contribution in [0.5, 0.6) is 0 Å². The highest BCUT2D eigenvalue weighted by molar-refractivity contribution is 6.06. The minimum absolute atomic E-state index is 0.385. The Kier molecular flexibility index (Phi) is 6.55. The average molecular weight is 479 g/mol. The molecule has 2 atom stereocenters. The molecule has 1 aromatic heterocycles. The van der Waals surface area contributed by atoms with Crippen molar-refractivity contribution in [3.63, 3.8) is 0 Å². The van der Waals surface area contributed by atoms with Crippen LogP contribution in [0.4, 0.5) is 5.69 Å². The molecule has 0 bridgehead atoms. The highest BCUT2D eigenvalue weighted by Crippen LogP contribution is 2.33. The highest BCUT2D eigenvalue weighted by Gasteiger charge is 2.31. The Morgan fingerprint density at radius 2 is 1.75 bits per heavy atom. The topological polar surface area (TPSA) is 68.3 Å². The lowest BCUT2D eigenvalue weighted by Crippen LogP contribution is -2.27. The Morgan fingerprint density at radius 3 is 2.56 bits per heavy atom. The predicted molar refractivity (Wildman–Crippen MR) is 142 cm³/mol. The number of carbonyl (C=O) groups is 2. The number of hydrogen-bond donors (Lipinski definition) is 1. The van der Waals surface area contributed by atoms with Gasteiger partial charge in [-0.1, -0.05) is 67.6 Å². The molecule has 5 rings (SSSR count). The van der Waals surface area contributed by atoms with Crippen LogP contribution < -0.4 is 5.32 Å². The number of hydrogen-bond acceptors (Lipinski definition) is 4. The van der Waals surface area contributed by atoms with Gasteiger partial charge in [0.15, 0.2) is 0 Å². The summed E-state index contributed by atoms with van der Waals surface area (Å²) in [6, 6.07) is 22.7. The van der Waals surface area contributed by atoms with E-state index in [0.717, 1.165) is 52.5 Å². The molecule has 36 heavy (non-hydrogen) atoms. The van der Waals surface area contributed by atoms with E-state index in [1.807, 2.05) is 86.6 Å². The predicted octanol–water partition coefficient (Wildman–Crippen LogP) is 6.51. The van der Waals surface area contributed by atoms with Gasteiger partial charge in [0, 0.05) is 22.3 Å².